The molecule has 0 N–H and O–H groups in total. The van der Waals surface area contributed by atoms with Gasteiger partial charge in [-0.25, -0.2) is 0 Å². The molecule has 0 aliphatic carbocycles. The van der Waals surface area contributed by atoms with E-state index in [1.807, 2.05) is 31.4 Å². The molecule has 1 radical (unpaired) electrons. The van der Waals surface area contributed by atoms with Crippen molar-refractivity contribution in [2.75, 3.05) is 0 Å². The maximum atomic E-state index is 10.1. The van der Waals surface area contributed by atoms with E-state index in [9.17, 15) is 4.79 Å². The molecule has 0 fully saturated rings. The van der Waals surface area contributed by atoms with Gasteiger partial charge in [0.25, 0.3) is 0 Å². The Labute approximate surface area is 71.0 Å². The molecule has 0 saturated heterocycles. The lowest BCUT2D eigenvalue weighted by Gasteiger charge is -2.01. The van der Waals surface area contributed by atoms with Gasteiger partial charge in [-0.2, -0.15) is 0 Å². The first-order valence-corrected chi connectivity index (χ1v) is 3.72. The molecule has 1 aromatic carbocycles. The number of rotatable bonds is 2. The van der Waals surface area contributed by atoms with Crippen LogP contribution in [0, 0.1) is 6.92 Å². The second-order valence-corrected chi connectivity index (χ2v) is 2.75. The van der Waals surface area contributed by atoms with E-state index in [0.29, 0.717) is 5.02 Å². The van der Waals surface area contributed by atoms with Crippen LogP contribution in [0.15, 0.2) is 18.2 Å². The number of hydrogen-bond donors (Lipinski definition) is 0. The molecule has 0 atom stereocenters. The molecular formula is C9H8ClO. The van der Waals surface area contributed by atoms with E-state index in [-0.39, 0.29) is 6.42 Å². The maximum Gasteiger partial charge on any atom is 0.203 e. The van der Waals surface area contributed by atoms with Gasteiger partial charge in [0, 0.05) is 11.4 Å². The van der Waals surface area contributed by atoms with Crippen molar-refractivity contribution < 1.29 is 4.79 Å². The standard InChI is InChI=1S/C9H8ClO/c1-7-3-2-4-8(5-6-11)9(7)10/h2-4H,5H2,1H3. The molecule has 0 heterocycles. The summed E-state index contributed by atoms with van der Waals surface area (Å²) < 4.78 is 0. The molecule has 57 valence electrons. The predicted octanol–water partition coefficient (Wildman–Crippen LogP) is 2.30. The Morgan fingerprint density at radius 2 is 2.27 bits per heavy atom. The lowest BCUT2D eigenvalue weighted by Crippen LogP contribution is -1.88. The van der Waals surface area contributed by atoms with Gasteiger partial charge in [-0.1, -0.05) is 29.8 Å². The van der Waals surface area contributed by atoms with Crippen molar-refractivity contribution in [1.82, 2.24) is 0 Å². The van der Waals surface area contributed by atoms with Gasteiger partial charge >= 0.3 is 0 Å². The van der Waals surface area contributed by atoms with Crippen LogP contribution < -0.4 is 0 Å². The summed E-state index contributed by atoms with van der Waals surface area (Å²) in [6.45, 7) is 1.91. The smallest absolute Gasteiger partial charge is 0.203 e. The molecule has 1 rings (SSSR count). The van der Waals surface area contributed by atoms with Crippen LogP contribution in [-0.4, -0.2) is 6.29 Å². The zero-order valence-electron chi connectivity index (χ0n) is 6.23. The van der Waals surface area contributed by atoms with Gasteiger partial charge in [0.1, 0.15) is 0 Å². The summed E-state index contributed by atoms with van der Waals surface area (Å²) in [6, 6.07) is 5.63. The SMILES string of the molecule is Cc1cccc(C[C]=O)c1Cl. The summed E-state index contributed by atoms with van der Waals surface area (Å²) in [7, 11) is 0. The number of halogens is 1. The highest BCUT2D eigenvalue weighted by Crippen LogP contribution is 2.19. The summed E-state index contributed by atoms with van der Waals surface area (Å²) in [5.74, 6) is 0. The third kappa shape index (κ3) is 1.81. The van der Waals surface area contributed by atoms with Gasteiger partial charge in [0.2, 0.25) is 6.29 Å². The zero-order chi connectivity index (χ0) is 8.27. The first-order chi connectivity index (χ1) is 5.25. The Bertz CT molecular complexity index is 268. The van der Waals surface area contributed by atoms with Gasteiger partial charge < -0.3 is 0 Å². The predicted molar refractivity (Wildman–Crippen MR) is 45.6 cm³/mol. The van der Waals surface area contributed by atoms with Crippen LogP contribution in [0.25, 0.3) is 0 Å². The fourth-order valence-electron chi connectivity index (χ4n) is 0.922. The highest BCUT2D eigenvalue weighted by Gasteiger charge is 2.00. The molecule has 0 aliphatic rings. The molecule has 0 unspecified atom stereocenters. The van der Waals surface area contributed by atoms with Crippen molar-refractivity contribution in [3.63, 3.8) is 0 Å². The average molecular weight is 168 g/mol. The molecule has 0 aliphatic heterocycles. The highest BCUT2D eigenvalue weighted by atomic mass is 35.5. The fourth-order valence-corrected chi connectivity index (χ4v) is 1.12. The molecule has 2 heteroatoms. The molecule has 1 aromatic rings. The maximum absolute atomic E-state index is 10.1. The van der Waals surface area contributed by atoms with E-state index >= 15 is 0 Å². The summed E-state index contributed by atoms with van der Waals surface area (Å²) in [5, 5.41) is 0.677. The molecule has 1 nitrogen and oxygen atoms in total. The van der Waals surface area contributed by atoms with Crippen molar-refractivity contribution in [2.45, 2.75) is 13.3 Å². The lowest BCUT2D eigenvalue weighted by atomic mass is 10.1. The van der Waals surface area contributed by atoms with Crippen LogP contribution in [0.5, 0.6) is 0 Å². The topological polar surface area (TPSA) is 17.1 Å². The monoisotopic (exact) mass is 167 g/mol. The Kier molecular flexibility index (Phi) is 2.66. The van der Waals surface area contributed by atoms with Crippen LogP contribution >= 0.6 is 11.6 Å². The van der Waals surface area contributed by atoms with E-state index in [0.717, 1.165) is 11.1 Å². The van der Waals surface area contributed by atoms with Crippen LogP contribution in [0.1, 0.15) is 11.1 Å². The summed E-state index contributed by atoms with van der Waals surface area (Å²) in [4.78, 5) is 10.1. The summed E-state index contributed by atoms with van der Waals surface area (Å²) in [5.41, 5.74) is 1.85. The second kappa shape index (κ2) is 3.54. The molecular weight excluding hydrogens is 160 g/mol. The molecule has 0 amide bonds. The summed E-state index contributed by atoms with van der Waals surface area (Å²) in [6.07, 6.45) is 2.10. The van der Waals surface area contributed by atoms with E-state index in [2.05, 4.69) is 0 Å². The minimum Gasteiger partial charge on any atom is -0.291 e. The van der Waals surface area contributed by atoms with Crippen molar-refractivity contribution in [2.24, 2.45) is 0 Å². The highest BCUT2D eigenvalue weighted by molar-refractivity contribution is 6.32. The third-order valence-electron chi connectivity index (χ3n) is 1.53. The number of aryl methyl sites for hydroxylation is 1. The van der Waals surface area contributed by atoms with Crippen LogP contribution in [0.2, 0.25) is 5.02 Å². The Morgan fingerprint density at radius 1 is 1.55 bits per heavy atom. The normalized spacial score (nSPS) is 9.64. The van der Waals surface area contributed by atoms with Gasteiger partial charge in [-0.15, -0.1) is 0 Å². The second-order valence-electron chi connectivity index (χ2n) is 2.37. The van der Waals surface area contributed by atoms with Gasteiger partial charge in [-0.3, -0.25) is 4.79 Å². The van der Waals surface area contributed by atoms with Crippen LogP contribution in [0.3, 0.4) is 0 Å². The van der Waals surface area contributed by atoms with Gasteiger partial charge in [0.05, 0.1) is 0 Å². The zero-order valence-corrected chi connectivity index (χ0v) is 6.98. The minimum atomic E-state index is 0.278. The quantitative estimate of drug-likeness (QED) is 0.661. The van der Waals surface area contributed by atoms with Crippen molar-refractivity contribution in [3.8, 4) is 0 Å². The molecule has 0 bridgehead atoms. The van der Waals surface area contributed by atoms with E-state index in [1.165, 1.54) is 0 Å². The van der Waals surface area contributed by atoms with Gasteiger partial charge in [0.15, 0.2) is 0 Å². The van der Waals surface area contributed by atoms with Crippen molar-refractivity contribution in [3.05, 3.63) is 34.3 Å². The van der Waals surface area contributed by atoms with E-state index in [1.54, 1.807) is 0 Å². The molecule has 0 saturated carbocycles. The van der Waals surface area contributed by atoms with E-state index < -0.39 is 0 Å². The number of hydrogen-bond acceptors (Lipinski definition) is 1. The fraction of sp³-hybridized carbons (Fsp3) is 0.222. The molecule has 11 heavy (non-hydrogen) atoms. The molecule has 0 aromatic heterocycles. The lowest BCUT2D eigenvalue weighted by molar-refractivity contribution is 0.555. The van der Waals surface area contributed by atoms with E-state index in [4.69, 9.17) is 11.6 Å². The first-order valence-electron chi connectivity index (χ1n) is 3.34. The Balaban J connectivity index is 3.05. The Hall–Kier alpha value is -0.820. The Morgan fingerprint density at radius 3 is 2.91 bits per heavy atom. The largest absolute Gasteiger partial charge is 0.291 e. The number of benzene rings is 1. The summed E-state index contributed by atoms with van der Waals surface area (Å²) >= 11 is 5.89. The van der Waals surface area contributed by atoms with Crippen LogP contribution in [-0.2, 0) is 11.2 Å². The van der Waals surface area contributed by atoms with Gasteiger partial charge in [-0.05, 0) is 18.1 Å². The first kappa shape index (κ1) is 8.28. The average Bonchev–Trinajstić information content (AvgIpc) is 1.99. The molecule has 0 spiro atoms. The van der Waals surface area contributed by atoms with Crippen LogP contribution in [0.4, 0.5) is 0 Å². The van der Waals surface area contributed by atoms with Crippen molar-refractivity contribution in [1.29, 1.82) is 0 Å². The minimum absolute atomic E-state index is 0.278. The number of carbonyl (C=O) groups excluding carboxylic acids is 1. The third-order valence-corrected chi connectivity index (χ3v) is 2.08. The van der Waals surface area contributed by atoms with Crippen molar-refractivity contribution >= 4 is 17.9 Å².